The minimum Gasteiger partial charge on any atom is 0 e. The van der Waals surface area contributed by atoms with Crippen molar-refractivity contribution in [3.8, 4) is 0 Å². The number of thioether (sulfide) groups is 2. The molecule has 0 unspecified atom stereocenters. The summed E-state index contributed by atoms with van der Waals surface area (Å²) in [5, 5.41) is -0.929. The molecule has 0 bridgehead atoms. The second-order valence-corrected chi connectivity index (χ2v) is 3.98. The van der Waals surface area contributed by atoms with E-state index >= 15 is 0 Å². The van der Waals surface area contributed by atoms with Gasteiger partial charge in [0.15, 0.2) is 0 Å². The van der Waals surface area contributed by atoms with Gasteiger partial charge < -0.3 is 22.5 Å². The van der Waals surface area contributed by atoms with Gasteiger partial charge in [0.1, 0.15) is 0 Å². The van der Waals surface area contributed by atoms with Crippen LogP contribution >= 0.6 is 23.5 Å². The van der Waals surface area contributed by atoms with E-state index in [2.05, 4.69) is 39.9 Å². The summed E-state index contributed by atoms with van der Waals surface area (Å²) in [6.45, 7) is 28.6. The van der Waals surface area contributed by atoms with E-state index in [-0.39, 0.29) is 34.1 Å². The number of alkyl halides is 3. The molecule has 6 nitrogen and oxygen atoms in total. The van der Waals surface area contributed by atoms with Crippen LogP contribution in [0.2, 0.25) is 0 Å². The van der Waals surface area contributed by atoms with Gasteiger partial charge in [0.05, 0.1) is 0 Å². The Morgan fingerprint density at radius 2 is 1.11 bits per heavy atom. The van der Waals surface area contributed by atoms with Crippen LogP contribution in [0.1, 0.15) is 6.92 Å². The molecule has 0 saturated heterocycles. The molecule has 0 N–H and O–H groups in total. The number of hydrogen-bond donors (Lipinski definition) is 0. The predicted molar refractivity (Wildman–Crippen MR) is 72.4 cm³/mol. The van der Waals surface area contributed by atoms with Gasteiger partial charge >= 0.3 is 67.8 Å². The van der Waals surface area contributed by atoms with Gasteiger partial charge in [0, 0.05) is 34.1 Å². The Bertz CT molecular complexity index is 361. The Kier molecular flexibility index (Phi) is 133. The van der Waals surface area contributed by atoms with Crippen molar-refractivity contribution in [1.29, 1.82) is 0 Å². The molecule has 0 amide bonds. The van der Waals surface area contributed by atoms with E-state index in [0.717, 1.165) is 18.1 Å². The van der Waals surface area contributed by atoms with Gasteiger partial charge in [-0.05, 0) is 12.0 Å². The first-order valence-corrected chi connectivity index (χ1v) is 6.75. The van der Waals surface area contributed by atoms with Crippen molar-refractivity contribution in [2.75, 3.05) is 12.0 Å². The summed E-state index contributed by atoms with van der Waals surface area (Å²) in [6.07, 6.45) is -2.17. The van der Waals surface area contributed by atoms with Crippen molar-refractivity contribution in [2.24, 2.45) is 0 Å². The molecular formula is C13H8F4Fe2O6S2-2. The minimum atomic E-state index is -4.49. The molecule has 0 aromatic heterocycles. The standard InChI is InChI=1S/C7H8F4S2.6CO.2Fe/c1-3-13-5(4-8)6(12-2)7(9,10)11;6*1-2;;/h3H2,1-2H3;;;;;;;;/q-2;;;;;;;;. The van der Waals surface area contributed by atoms with Crippen LogP contribution in [0.25, 0.3) is 0 Å². The Labute approximate surface area is 184 Å². The molecule has 0 aliphatic heterocycles. The molecule has 0 fully saturated rings. The molecule has 154 valence electrons. The summed E-state index contributed by atoms with van der Waals surface area (Å²) in [4.78, 5) is -0.470. The second kappa shape index (κ2) is 63.7. The maximum Gasteiger partial charge on any atom is 0 e. The van der Waals surface area contributed by atoms with Crippen LogP contribution in [-0.2, 0) is 62.1 Å². The molecule has 0 spiro atoms. The van der Waals surface area contributed by atoms with Gasteiger partial charge in [0.25, 0.3) is 6.18 Å². The predicted octanol–water partition coefficient (Wildman–Crippen LogP) is 3.58. The number of rotatable bonds is 4. The fourth-order valence-electron chi connectivity index (χ4n) is 0.617. The molecule has 27 heavy (non-hydrogen) atoms. The van der Waals surface area contributed by atoms with Crippen LogP contribution in [-0.4, -0.2) is 18.2 Å². The van der Waals surface area contributed by atoms with Crippen LogP contribution in [0.4, 0.5) is 17.6 Å². The molecule has 0 saturated carbocycles. The third kappa shape index (κ3) is 51.7. The minimum absolute atomic E-state index is 0. The van der Waals surface area contributed by atoms with Gasteiger partial charge in [-0.3, -0.25) is 4.91 Å². The third-order valence-electron chi connectivity index (χ3n) is 1.04. The van der Waals surface area contributed by atoms with Gasteiger partial charge in [-0.1, -0.05) is 6.92 Å². The largest absolute Gasteiger partial charge is 0 e. The SMILES string of the molecule is CCSC(=[C-]F)[C-](SC)C(F)(F)F.[C-]#[O+].[C-]#[O+].[C-]#[O+].[C-]#[O+].[C-]#[O+].[C-]#[O+].[Fe].[Fe]. The summed E-state index contributed by atoms with van der Waals surface area (Å²) in [5.41, 5.74) is 0. The quantitative estimate of drug-likeness (QED) is 0.248. The van der Waals surface area contributed by atoms with E-state index in [1.807, 2.05) is 0 Å². The molecular weight excluding hydrogens is 504 g/mol. The van der Waals surface area contributed by atoms with Crippen molar-refractivity contribution >= 4 is 23.5 Å². The maximum absolute atomic E-state index is 12.2. The molecule has 14 heteroatoms. The summed E-state index contributed by atoms with van der Waals surface area (Å²) < 4.78 is 93.5. The van der Waals surface area contributed by atoms with E-state index in [4.69, 9.17) is 27.9 Å². The van der Waals surface area contributed by atoms with Crippen LogP contribution in [0.5, 0.6) is 0 Å². The second-order valence-electron chi connectivity index (χ2n) is 1.89. The molecule has 0 aromatic carbocycles. The molecule has 0 aliphatic carbocycles. The topological polar surface area (TPSA) is 119 Å². The van der Waals surface area contributed by atoms with Gasteiger partial charge in [0.2, 0.25) is 0 Å². The Balaban J connectivity index is -0.0000000282. The van der Waals surface area contributed by atoms with Gasteiger partial charge in [-0.25, -0.2) is 18.4 Å². The van der Waals surface area contributed by atoms with E-state index in [1.54, 1.807) is 6.92 Å². The maximum atomic E-state index is 12.2. The van der Waals surface area contributed by atoms with E-state index in [1.165, 1.54) is 6.26 Å². The molecule has 0 rings (SSSR count). The zero-order valence-electron chi connectivity index (χ0n) is 13.2. The summed E-state index contributed by atoms with van der Waals surface area (Å²) in [6, 6.07) is 0. The zero-order chi connectivity index (χ0) is 22.5. The fourth-order valence-corrected chi connectivity index (χ4v) is 2.09. The zero-order valence-corrected chi connectivity index (χ0v) is 17.0. The summed E-state index contributed by atoms with van der Waals surface area (Å²) in [7, 11) is 0. The van der Waals surface area contributed by atoms with Crippen LogP contribution in [0.15, 0.2) is 4.91 Å². The summed E-state index contributed by atoms with van der Waals surface area (Å²) in [5.74, 6) is 0.381. The number of halogens is 4. The third-order valence-corrected chi connectivity index (χ3v) is 2.87. The molecule has 0 aliphatic rings. The van der Waals surface area contributed by atoms with Crippen molar-refractivity contribution < 1.29 is 79.6 Å². The van der Waals surface area contributed by atoms with E-state index < -0.39 is 16.3 Å². The van der Waals surface area contributed by atoms with Crippen molar-refractivity contribution in [2.45, 2.75) is 13.1 Å². The monoisotopic (exact) mass is 512 g/mol. The van der Waals surface area contributed by atoms with Gasteiger partial charge in [-0.15, -0.1) is 0 Å². The van der Waals surface area contributed by atoms with Crippen molar-refractivity contribution in [3.05, 3.63) is 56.4 Å². The van der Waals surface area contributed by atoms with Crippen LogP contribution < -0.4 is 0 Å². The van der Waals surface area contributed by atoms with E-state index in [9.17, 15) is 17.6 Å². The average molecular weight is 512 g/mol. The molecule has 0 radical (unpaired) electrons. The average Bonchev–Trinajstić information content (AvgIpc) is 2.70. The first kappa shape index (κ1) is 56.3. The molecule has 0 aromatic rings. The fraction of sp³-hybridized carbons (Fsp3) is 0.308. The smallest absolute Gasteiger partial charge is 0 e. The molecule has 0 atom stereocenters. The summed E-state index contributed by atoms with van der Waals surface area (Å²) >= 11 is 1.27. The normalized spacial score (nSPS) is 6.81. The first-order chi connectivity index (χ1) is 12.0. The van der Waals surface area contributed by atoms with Gasteiger partial charge in [-0.2, -0.15) is 11.8 Å². The Hall–Kier alpha value is -0.491. The first-order valence-electron chi connectivity index (χ1n) is 4.54. The van der Waals surface area contributed by atoms with Crippen LogP contribution in [0.3, 0.4) is 0 Å². The molecule has 0 heterocycles. The van der Waals surface area contributed by atoms with E-state index in [0.29, 0.717) is 17.5 Å². The number of hydrogen-bond acceptors (Lipinski definition) is 2. The van der Waals surface area contributed by atoms with Crippen LogP contribution in [0, 0.1) is 51.5 Å². The Morgan fingerprint density at radius 3 is 1.22 bits per heavy atom. The van der Waals surface area contributed by atoms with Crippen molar-refractivity contribution in [3.63, 3.8) is 0 Å². The van der Waals surface area contributed by atoms with Crippen molar-refractivity contribution in [1.82, 2.24) is 0 Å². The Morgan fingerprint density at radius 1 is 0.852 bits per heavy atom.